The lowest BCUT2D eigenvalue weighted by Crippen LogP contribution is -2.39. The van der Waals surface area contributed by atoms with Crippen LogP contribution in [0.15, 0.2) is 71.9 Å². The first-order valence-corrected chi connectivity index (χ1v) is 11.7. The number of aromatic nitrogens is 1. The summed E-state index contributed by atoms with van der Waals surface area (Å²) in [6.45, 7) is 4.97. The average Bonchev–Trinajstić information content (AvgIpc) is 2.79. The number of morpholine rings is 1. The number of sulfonamides is 1. The van der Waals surface area contributed by atoms with Gasteiger partial charge in [-0.15, -0.1) is 0 Å². The van der Waals surface area contributed by atoms with Crippen LogP contribution in [-0.4, -0.2) is 62.0 Å². The minimum atomic E-state index is -3.62. The second-order valence-corrected chi connectivity index (χ2v) is 9.45. The van der Waals surface area contributed by atoms with Crippen LogP contribution in [0.1, 0.15) is 12.0 Å². The molecule has 0 N–H and O–H groups in total. The molecule has 0 bridgehead atoms. The fourth-order valence-corrected chi connectivity index (χ4v) is 5.25. The highest BCUT2D eigenvalue weighted by molar-refractivity contribution is 7.89. The van der Waals surface area contributed by atoms with Crippen LogP contribution in [0.2, 0.25) is 0 Å². The predicted molar refractivity (Wildman–Crippen MR) is 118 cm³/mol. The second kappa shape index (κ2) is 9.66. The van der Waals surface area contributed by atoms with Gasteiger partial charge in [-0.3, -0.25) is 9.88 Å². The Morgan fingerprint density at radius 2 is 1.70 bits per heavy atom. The van der Waals surface area contributed by atoms with Crippen LogP contribution in [0.25, 0.3) is 10.8 Å². The monoisotopic (exact) mass is 425 g/mol. The van der Waals surface area contributed by atoms with E-state index in [4.69, 9.17) is 4.74 Å². The van der Waals surface area contributed by atoms with Crippen LogP contribution < -0.4 is 0 Å². The van der Waals surface area contributed by atoms with Crippen molar-refractivity contribution in [2.75, 3.05) is 39.4 Å². The Bertz CT molecular complexity index is 1070. The highest BCUT2D eigenvalue weighted by Gasteiger charge is 2.25. The lowest BCUT2D eigenvalue weighted by Gasteiger charge is -2.28. The number of hydrogen-bond acceptors (Lipinski definition) is 5. The third-order valence-electron chi connectivity index (χ3n) is 5.45. The first-order valence-electron chi connectivity index (χ1n) is 10.3. The summed E-state index contributed by atoms with van der Waals surface area (Å²) in [5, 5.41) is 1.96. The molecule has 1 aromatic heterocycles. The molecule has 3 aromatic rings. The van der Waals surface area contributed by atoms with Crippen molar-refractivity contribution in [3.8, 4) is 0 Å². The topological polar surface area (TPSA) is 62.7 Å². The molecule has 1 aliphatic rings. The highest BCUT2D eigenvalue weighted by atomic mass is 32.2. The van der Waals surface area contributed by atoms with Crippen molar-refractivity contribution in [1.82, 2.24) is 14.2 Å². The Morgan fingerprint density at radius 1 is 0.967 bits per heavy atom. The molecule has 0 spiro atoms. The zero-order valence-electron chi connectivity index (χ0n) is 17.0. The molecule has 7 heteroatoms. The summed E-state index contributed by atoms with van der Waals surface area (Å²) < 4.78 is 34.1. The molecular formula is C23H27N3O3S. The maximum Gasteiger partial charge on any atom is 0.243 e. The van der Waals surface area contributed by atoms with Crippen molar-refractivity contribution < 1.29 is 13.2 Å². The first-order chi connectivity index (χ1) is 14.6. The van der Waals surface area contributed by atoms with Gasteiger partial charge in [-0.25, -0.2) is 8.42 Å². The van der Waals surface area contributed by atoms with E-state index < -0.39 is 10.0 Å². The molecule has 158 valence electrons. The summed E-state index contributed by atoms with van der Waals surface area (Å²) in [6, 6.07) is 16.9. The molecule has 0 radical (unpaired) electrons. The van der Waals surface area contributed by atoms with E-state index in [0.29, 0.717) is 18.0 Å². The van der Waals surface area contributed by atoms with Crippen LogP contribution in [0, 0.1) is 0 Å². The molecule has 0 unspecified atom stereocenters. The van der Waals surface area contributed by atoms with Gasteiger partial charge in [0.15, 0.2) is 0 Å². The van der Waals surface area contributed by atoms with E-state index in [9.17, 15) is 8.42 Å². The van der Waals surface area contributed by atoms with Crippen LogP contribution in [-0.2, 0) is 21.3 Å². The van der Waals surface area contributed by atoms with Crippen molar-refractivity contribution in [2.45, 2.75) is 17.9 Å². The van der Waals surface area contributed by atoms with Crippen LogP contribution in [0.5, 0.6) is 0 Å². The first kappa shape index (κ1) is 20.9. The van der Waals surface area contributed by atoms with E-state index in [2.05, 4.69) is 9.88 Å². The van der Waals surface area contributed by atoms with Gasteiger partial charge in [0.2, 0.25) is 10.0 Å². The van der Waals surface area contributed by atoms with Crippen LogP contribution >= 0.6 is 0 Å². The van der Waals surface area contributed by atoms with E-state index in [1.54, 1.807) is 28.8 Å². The van der Waals surface area contributed by atoms with Crippen molar-refractivity contribution in [2.24, 2.45) is 0 Å². The van der Waals surface area contributed by atoms with Gasteiger partial charge in [0.05, 0.1) is 18.1 Å². The molecule has 4 rings (SSSR count). The number of fused-ring (bicyclic) bond motifs is 1. The summed E-state index contributed by atoms with van der Waals surface area (Å²) >= 11 is 0. The summed E-state index contributed by atoms with van der Waals surface area (Å²) in [5.41, 5.74) is 0.931. The zero-order chi connectivity index (χ0) is 20.8. The van der Waals surface area contributed by atoms with Crippen molar-refractivity contribution in [3.05, 3.63) is 72.6 Å². The molecule has 0 atom stereocenters. The molecule has 1 saturated heterocycles. The number of nitrogens with zero attached hydrogens (tertiary/aromatic N) is 3. The Kier molecular flexibility index (Phi) is 6.74. The molecule has 2 heterocycles. The number of rotatable bonds is 8. The summed E-state index contributed by atoms with van der Waals surface area (Å²) in [5.74, 6) is 0. The lowest BCUT2D eigenvalue weighted by atomic mass is 10.1. The predicted octanol–water partition coefficient (Wildman–Crippen LogP) is 3.15. The number of hydrogen-bond donors (Lipinski definition) is 0. The largest absolute Gasteiger partial charge is 0.379 e. The second-order valence-electron chi connectivity index (χ2n) is 7.51. The SMILES string of the molecule is O=S(=O)(c1ccc2ccccc2c1)N(CCCN1CCOCC1)Cc1ccncc1. The number of benzene rings is 2. The summed E-state index contributed by atoms with van der Waals surface area (Å²) in [7, 11) is -3.62. The highest BCUT2D eigenvalue weighted by Crippen LogP contribution is 2.23. The molecule has 0 amide bonds. The molecule has 2 aromatic carbocycles. The fraction of sp³-hybridized carbons (Fsp3) is 0.348. The molecule has 1 aliphatic heterocycles. The minimum Gasteiger partial charge on any atom is -0.379 e. The van der Waals surface area contributed by atoms with E-state index in [1.165, 1.54) is 0 Å². The van der Waals surface area contributed by atoms with Crippen LogP contribution in [0.3, 0.4) is 0 Å². The minimum absolute atomic E-state index is 0.334. The maximum absolute atomic E-state index is 13.5. The van der Waals surface area contributed by atoms with Crippen molar-refractivity contribution in [1.29, 1.82) is 0 Å². The van der Waals surface area contributed by atoms with Gasteiger partial charge in [-0.1, -0.05) is 30.3 Å². The van der Waals surface area contributed by atoms with Crippen molar-refractivity contribution >= 4 is 20.8 Å². The van der Waals surface area contributed by atoms with Crippen molar-refractivity contribution in [3.63, 3.8) is 0 Å². The average molecular weight is 426 g/mol. The van der Waals surface area contributed by atoms with Gasteiger partial charge >= 0.3 is 0 Å². The molecule has 6 nitrogen and oxygen atoms in total. The van der Waals surface area contributed by atoms with E-state index >= 15 is 0 Å². The number of pyridine rings is 1. The molecule has 0 aliphatic carbocycles. The van der Waals surface area contributed by atoms with Gasteiger partial charge in [-0.05, 0) is 53.6 Å². The van der Waals surface area contributed by atoms with E-state index in [1.807, 2.05) is 42.5 Å². The lowest BCUT2D eigenvalue weighted by molar-refractivity contribution is 0.0368. The van der Waals surface area contributed by atoms with Gasteiger partial charge < -0.3 is 4.74 Å². The quantitative estimate of drug-likeness (QED) is 0.555. The smallest absolute Gasteiger partial charge is 0.243 e. The molecule has 0 saturated carbocycles. The third kappa shape index (κ3) is 5.05. The Hall–Kier alpha value is -2.32. The molecule has 1 fully saturated rings. The van der Waals surface area contributed by atoms with Gasteiger partial charge in [0.25, 0.3) is 0 Å². The Morgan fingerprint density at radius 3 is 2.47 bits per heavy atom. The third-order valence-corrected chi connectivity index (χ3v) is 7.29. The Labute approximate surface area is 178 Å². The fourth-order valence-electron chi connectivity index (χ4n) is 3.75. The summed E-state index contributed by atoms with van der Waals surface area (Å²) in [6.07, 6.45) is 4.17. The Balaban J connectivity index is 1.55. The molecular weight excluding hydrogens is 398 g/mol. The van der Waals surface area contributed by atoms with Gasteiger partial charge in [0.1, 0.15) is 0 Å². The van der Waals surface area contributed by atoms with Gasteiger partial charge in [-0.2, -0.15) is 4.31 Å². The van der Waals surface area contributed by atoms with E-state index in [0.717, 1.165) is 55.6 Å². The normalized spacial score (nSPS) is 15.6. The number of ether oxygens (including phenoxy) is 1. The van der Waals surface area contributed by atoms with E-state index in [-0.39, 0.29) is 0 Å². The summed E-state index contributed by atoms with van der Waals surface area (Å²) in [4.78, 5) is 6.71. The zero-order valence-corrected chi connectivity index (χ0v) is 17.8. The van der Waals surface area contributed by atoms with Crippen LogP contribution in [0.4, 0.5) is 0 Å². The molecule has 30 heavy (non-hydrogen) atoms. The standard InChI is InChI=1S/C23H27N3O3S/c27-30(28,23-7-6-21-4-1-2-5-22(21)18-23)26(19-20-8-10-24-11-9-20)13-3-12-25-14-16-29-17-15-25/h1-2,4-11,18H,3,12-17,19H2. The van der Waals surface area contributed by atoms with Gasteiger partial charge in [0, 0.05) is 38.6 Å². The maximum atomic E-state index is 13.5.